The first-order valence-corrected chi connectivity index (χ1v) is 7.83. The van der Waals surface area contributed by atoms with Crippen LogP contribution in [0.2, 0.25) is 0 Å². The Morgan fingerprint density at radius 3 is 2.54 bits per heavy atom. The summed E-state index contributed by atoms with van der Waals surface area (Å²) in [5.74, 6) is -1.58. The van der Waals surface area contributed by atoms with E-state index in [2.05, 4.69) is 0 Å². The maximum absolute atomic E-state index is 12.0. The predicted octanol–water partition coefficient (Wildman–Crippen LogP) is 0.941. The van der Waals surface area contributed by atoms with Gasteiger partial charge in [0.15, 0.2) is 5.60 Å². The second kappa shape index (κ2) is 9.36. The van der Waals surface area contributed by atoms with Crippen LogP contribution in [0.3, 0.4) is 0 Å². The summed E-state index contributed by atoms with van der Waals surface area (Å²) in [6.07, 6.45) is 1.36. The number of hydrogen-bond acceptors (Lipinski definition) is 8. The van der Waals surface area contributed by atoms with E-state index in [1.54, 1.807) is 0 Å². The van der Waals surface area contributed by atoms with Gasteiger partial charge in [-0.2, -0.15) is 0 Å². The van der Waals surface area contributed by atoms with E-state index in [0.29, 0.717) is 25.5 Å². The molecule has 0 aliphatic carbocycles. The summed E-state index contributed by atoms with van der Waals surface area (Å²) in [4.78, 5) is 45.1. The molecule has 8 heteroatoms. The Balaban J connectivity index is 2.78. The summed E-state index contributed by atoms with van der Waals surface area (Å²) >= 11 is 0. The van der Waals surface area contributed by atoms with Gasteiger partial charge in [0.25, 0.3) is 0 Å². The molecule has 1 fully saturated rings. The van der Waals surface area contributed by atoms with Crippen LogP contribution in [0, 0.1) is 0 Å². The zero-order chi connectivity index (χ0) is 18.2. The Bertz CT molecular complexity index is 475. The first kappa shape index (κ1) is 20.1. The maximum Gasteiger partial charge on any atom is 0.338 e. The van der Waals surface area contributed by atoms with Crippen LogP contribution in [0.4, 0.5) is 0 Å². The van der Waals surface area contributed by atoms with Crippen molar-refractivity contribution in [2.75, 3.05) is 13.7 Å². The largest absolute Gasteiger partial charge is 0.467 e. The van der Waals surface area contributed by atoms with Crippen LogP contribution in [0.15, 0.2) is 0 Å². The van der Waals surface area contributed by atoms with E-state index in [9.17, 15) is 19.2 Å². The minimum atomic E-state index is -1.30. The van der Waals surface area contributed by atoms with Crippen molar-refractivity contribution in [3.05, 3.63) is 0 Å². The van der Waals surface area contributed by atoms with Gasteiger partial charge in [-0.3, -0.25) is 9.59 Å². The molecule has 0 N–H and O–H groups in total. The monoisotopic (exact) mass is 344 g/mol. The van der Waals surface area contributed by atoms with Gasteiger partial charge >= 0.3 is 17.9 Å². The number of rotatable bonds is 8. The second-order valence-corrected chi connectivity index (χ2v) is 5.76. The molecule has 0 unspecified atom stereocenters. The topological polar surface area (TPSA) is 105 Å². The van der Waals surface area contributed by atoms with Crippen LogP contribution in [-0.4, -0.2) is 55.7 Å². The fraction of sp³-hybridized carbons (Fsp3) is 0.750. The highest BCUT2D eigenvalue weighted by molar-refractivity contribution is 5.82. The molecule has 1 saturated heterocycles. The Morgan fingerprint density at radius 2 is 2.00 bits per heavy atom. The molecule has 0 amide bonds. The van der Waals surface area contributed by atoms with Crippen molar-refractivity contribution in [1.82, 2.24) is 0 Å². The lowest BCUT2D eigenvalue weighted by Crippen LogP contribution is -2.49. The van der Waals surface area contributed by atoms with E-state index in [1.807, 2.05) is 0 Å². The van der Waals surface area contributed by atoms with Crippen LogP contribution in [0.5, 0.6) is 0 Å². The highest BCUT2D eigenvalue weighted by Gasteiger charge is 2.45. The molecule has 0 aromatic rings. The number of methoxy groups -OCH3 is 1. The van der Waals surface area contributed by atoms with Crippen molar-refractivity contribution in [2.45, 2.75) is 63.8 Å². The number of aldehydes is 1. The Kier molecular flexibility index (Phi) is 7.84. The minimum absolute atomic E-state index is 0.0896. The summed E-state index contributed by atoms with van der Waals surface area (Å²) < 4.78 is 20.6. The molecule has 0 spiro atoms. The first-order chi connectivity index (χ1) is 11.3. The molecule has 3 atom stereocenters. The minimum Gasteiger partial charge on any atom is -0.467 e. The van der Waals surface area contributed by atoms with Crippen LogP contribution < -0.4 is 0 Å². The average Bonchev–Trinajstić information content (AvgIpc) is 2.51. The van der Waals surface area contributed by atoms with Crippen molar-refractivity contribution < 1.29 is 38.1 Å². The second-order valence-electron chi connectivity index (χ2n) is 5.76. The molecular formula is C16H24O8. The molecule has 1 rings (SSSR count). The Hall–Kier alpha value is -1.96. The number of carbonyl (C=O) groups is 4. The molecule has 0 aromatic carbocycles. The first-order valence-electron chi connectivity index (χ1n) is 7.83. The predicted molar refractivity (Wildman–Crippen MR) is 81.0 cm³/mol. The van der Waals surface area contributed by atoms with Crippen LogP contribution >= 0.6 is 0 Å². The molecule has 8 nitrogen and oxygen atoms in total. The van der Waals surface area contributed by atoms with Gasteiger partial charge in [-0.25, -0.2) is 4.79 Å². The van der Waals surface area contributed by atoms with Crippen LogP contribution in [-0.2, 0) is 38.1 Å². The van der Waals surface area contributed by atoms with Crippen LogP contribution in [0.25, 0.3) is 0 Å². The summed E-state index contributed by atoms with van der Waals surface area (Å²) in [7, 11) is 1.24. The normalized spacial score (nSPS) is 24.5. The summed E-state index contributed by atoms with van der Waals surface area (Å²) in [5, 5.41) is 0. The summed E-state index contributed by atoms with van der Waals surface area (Å²) in [6.45, 7) is 2.43. The fourth-order valence-corrected chi connectivity index (χ4v) is 2.81. The molecule has 1 aliphatic rings. The van der Waals surface area contributed by atoms with Gasteiger partial charge in [0.2, 0.25) is 0 Å². The lowest BCUT2D eigenvalue weighted by atomic mass is 9.87. The van der Waals surface area contributed by atoms with E-state index in [1.165, 1.54) is 21.0 Å². The zero-order valence-corrected chi connectivity index (χ0v) is 14.2. The molecule has 0 saturated carbocycles. The number of esters is 3. The molecular weight excluding hydrogens is 320 g/mol. The van der Waals surface area contributed by atoms with Crippen molar-refractivity contribution >= 4 is 24.2 Å². The van der Waals surface area contributed by atoms with Gasteiger partial charge in [-0.15, -0.1) is 0 Å². The number of ether oxygens (including phenoxy) is 4. The van der Waals surface area contributed by atoms with Crippen molar-refractivity contribution in [1.29, 1.82) is 0 Å². The molecule has 0 bridgehead atoms. The lowest BCUT2D eigenvalue weighted by Gasteiger charge is -2.38. The maximum atomic E-state index is 12.0. The Labute approximate surface area is 140 Å². The molecule has 1 heterocycles. The van der Waals surface area contributed by atoms with E-state index < -0.39 is 35.7 Å². The van der Waals surface area contributed by atoms with E-state index in [0.717, 1.165) is 0 Å². The van der Waals surface area contributed by atoms with Gasteiger partial charge in [0.1, 0.15) is 19.0 Å². The lowest BCUT2D eigenvalue weighted by molar-refractivity contribution is -0.194. The summed E-state index contributed by atoms with van der Waals surface area (Å²) in [5.41, 5.74) is -1.30. The average molecular weight is 344 g/mol. The molecule has 1 aliphatic heterocycles. The highest BCUT2D eigenvalue weighted by Crippen LogP contribution is 2.34. The smallest absolute Gasteiger partial charge is 0.338 e. The van der Waals surface area contributed by atoms with Crippen LogP contribution in [0.1, 0.15) is 46.0 Å². The van der Waals surface area contributed by atoms with Gasteiger partial charge in [0.05, 0.1) is 13.2 Å². The third-order valence-corrected chi connectivity index (χ3v) is 3.80. The van der Waals surface area contributed by atoms with E-state index in [-0.39, 0.29) is 19.4 Å². The van der Waals surface area contributed by atoms with Crippen molar-refractivity contribution in [3.8, 4) is 0 Å². The number of hydrogen-bond donors (Lipinski definition) is 0. The van der Waals surface area contributed by atoms with E-state index in [4.69, 9.17) is 18.9 Å². The third-order valence-electron chi connectivity index (χ3n) is 3.80. The molecule has 0 aromatic heterocycles. The SMILES string of the molecule is COC(=O)[C@@]1(CC=O)CCC[C@H](C[C@@H](COC(C)=O)OC(C)=O)O1. The molecule has 0 radical (unpaired) electrons. The molecule has 24 heavy (non-hydrogen) atoms. The van der Waals surface area contributed by atoms with Crippen molar-refractivity contribution in [3.63, 3.8) is 0 Å². The zero-order valence-electron chi connectivity index (χ0n) is 14.2. The van der Waals surface area contributed by atoms with Gasteiger partial charge in [0, 0.05) is 26.7 Å². The Morgan fingerprint density at radius 1 is 1.29 bits per heavy atom. The quantitative estimate of drug-likeness (QED) is 0.364. The third kappa shape index (κ3) is 5.92. The fourth-order valence-electron chi connectivity index (χ4n) is 2.81. The van der Waals surface area contributed by atoms with Crippen molar-refractivity contribution in [2.24, 2.45) is 0 Å². The van der Waals surface area contributed by atoms with Gasteiger partial charge in [-0.1, -0.05) is 0 Å². The number of carbonyl (C=O) groups excluding carboxylic acids is 4. The summed E-state index contributed by atoms with van der Waals surface area (Å²) in [6, 6.07) is 0. The highest BCUT2D eigenvalue weighted by atomic mass is 16.6. The van der Waals surface area contributed by atoms with E-state index >= 15 is 0 Å². The van der Waals surface area contributed by atoms with Gasteiger partial charge in [-0.05, 0) is 19.3 Å². The van der Waals surface area contributed by atoms with Gasteiger partial charge < -0.3 is 23.7 Å². The molecule has 136 valence electrons. The standard InChI is InChI=1S/C16H24O8/c1-11(18)22-10-14(23-12(2)19)9-13-5-4-6-16(24-13,7-8-17)15(20)21-3/h8,13-14H,4-7,9-10H2,1-3H3/t13-,14+,16+/m1/s1.